The van der Waals surface area contributed by atoms with Crippen molar-refractivity contribution in [2.45, 2.75) is 38.1 Å². The number of esters is 1. The zero-order valence-corrected chi connectivity index (χ0v) is 14.5. The lowest BCUT2D eigenvalue weighted by atomic mass is 10.00. The number of ether oxygens (including phenoxy) is 1. The van der Waals surface area contributed by atoms with Crippen LogP contribution in [0.4, 0.5) is 0 Å². The van der Waals surface area contributed by atoms with Crippen molar-refractivity contribution in [1.29, 1.82) is 5.26 Å². The van der Waals surface area contributed by atoms with E-state index < -0.39 is 24.0 Å². The van der Waals surface area contributed by atoms with Gasteiger partial charge in [-0.3, -0.25) is 4.79 Å². The number of carbonyl (C=O) groups is 2. The summed E-state index contributed by atoms with van der Waals surface area (Å²) in [6, 6.07) is 7.20. The van der Waals surface area contributed by atoms with Gasteiger partial charge in [0.1, 0.15) is 11.1 Å². The number of fused-ring (bicyclic) bond motifs is 1. The van der Waals surface area contributed by atoms with Crippen molar-refractivity contribution in [2.24, 2.45) is 0 Å². The lowest BCUT2D eigenvalue weighted by Gasteiger charge is -2.21. The molecule has 130 valence electrons. The lowest BCUT2D eigenvalue weighted by Crippen LogP contribution is -2.46. The first-order chi connectivity index (χ1) is 11.9. The van der Waals surface area contributed by atoms with Crippen molar-refractivity contribution in [1.82, 2.24) is 5.32 Å². The molecule has 1 aromatic heterocycles. The highest BCUT2D eigenvalue weighted by molar-refractivity contribution is 6.31. The molecule has 0 spiro atoms. The molecule has 25 heavy (non-hydrogen) atoms. The number of benzene rings is 1. The van der Waals surface area contributed by atoms with Gasteiger partial charge in [-0.2, -0.15) is 5.26 Å². The van der Waals surface area contributed by atoms with E-state index in [0.29, 0.717) is 29.0 Å². The van der Waals surface area contributed by atoms with Gasteiger partial charge in [0.2, 0.25) is 5.76 Å². The number of halogens is 1. The van der Waals surface area contributed by atoms with E-state index in [0.717, 1.165) is 18.2 Å². The molecule has 1 aliphatic carbocycles. The van der Waals surface area contributed by atoms with Gasteiger partial charge in [-0.1, -0.05) is 11.6 Å². The fourth-order valence-electron chi connectivity index (χ4n) is 3.13. The second-order valence-electron chi connectivity index (χ2n) is 6.22. The molecular weight excluding hydrogens is 344 g/mol. The van der Waals surface area contributed by atoms with Gasteiger partial charge in [0.25, 0.3) is 5.91 Å². The standard InChI is InChI=1S/C18H17ClN2O4/c1-11-13-8-12(19)4-5-14(13)25-16(11)17(23)24-9-15(22)21-18(10-20)6-2-3-7-18/h4-5,8H,2-3,6-7,9H2,1H3,(H,21,22). The molecule has 3 rings (SSSR count). The largest absolute Gasteiger partial charge is 0.450 e. The molecule has 0 atom stereocenters. The lowest BCUT2D eigenvalue weighted by molar-refractivity contribution is -0.125. The Kier molecular flexibility index (Phi) is 4.69. The van der Waals surface area contributed by atoms with Gasteiger partial charge in [0.15, 0.2) is 6.61 Å². The zero-order chi connectivity index (χ0) is 18.0. The minimum atomic E-state index is -0.838. The Morgan fingerprint density at radius 3 is 2.80 bits per heavy atom. The van der Waals surface area contributed by atoms with Crippen molar-refractivity contribution < 1.29 is 18.7 Å². The average Bonchev–Trinajstić information content (AvgIpc) is 3.18. The minimum Gasteiger partial charge on any atom is -0.450 e. The molecule has 0 radical (unpaired) electrons. The fourth-order valence-corrected chi connectivity index (χ4v) is 3.30. The van der Waals surface area contributed by atoms with Crippen LogP contribution >= 0.6 is 11.6 Å². The van der Waals surface area contributed by atoms with E-state index in [-0.39, 0.29) is 5.76 Å². The number of nitriles is 1. The Hall–Kier alpha value is -2.52. The van der Waals surface area contributed by atoms with Crippen LogP contribution in [0, 0.1) is 18.3 Å². The second-order valence-corrected chi connectivity index (χ2v) is 6.66. The van der Waals surface area contributed by atoms with Crippen LogP contribution in [0.2, 0.25) is 5.02 Å². The van der Waals surface area contributed by atoms with Crippen LogP contribution in [0.15, 0.2) is 22.6 Å². The summed E-state index contributed by atoms with van der Waals surface area (Å²) in [5.41, 5.74) is 0.287. The van der Waals surface area contributed by atoms with Crippen LogP contribution in [-0.2, 0) is 9.53 Å². The number of furan rings is 1. The molecule has 1 heterocycles. The van der Waals surface area contributed by atoms with Crippen LogP contribution < -0.4 is 5.32 Å². The van der Waals surface area contributed by atoms with Crippen LogP contribution in [0.3, 0.4) is 0 Å². The van der Waals surface area contributed by atoms with E-state index in [9.17, 15) is 14.9 Å². The van der Waals surface area contributed by atoms with Gasteiger partial charge in [0, 0.05) is 16.0 Å². The molecule has 1 amide bonds. The van der Waals surface area contributed by atoms with Crippen LogP contribution in [0.25, 0.3) is 11.0 Å². The van der Waals surface area contributed by atoms with E-state index in [2.05, 4.69) is 11.4 Å². The molecule has 1 aromatic carbocycles. The Bertz CT molecular complexity index is 875. The van der Waals surface area contributed by atoms with Crippen LogP contribution in [0.1, 0.15) is 41.8 Å². The zero-order valence-electron chi connectivity index (χ0n) is 13.7. The molecule has 2 aromatic rings. The SMILES string of the molecule is Cc1c(C(=O)OCC(=O)NC2(C#N)CCCC2)oc2ccc(Cl)cc12. The summed E-state index contributed by atoms with van der Waals surface area (Å²) in [7, 11) is 0. The number of amides is 1. The van der Waals surface area contributed by atoms with Crippen molar-refractivity contribution in [3.05, 3.63) is 34.5 Å². The fraction of sp³-hybridized carbons (Fsp3) is 0.389. The summed E-state index contributed by atoms with van der Waals surface area (Å²) in [6.07, 6.45) is 3.03. The predicted molar refractivity (Wildman–Crippen MR) is 91.2 cm³/mol. The first-order valence-electron chi connectivity index (χ1n) is 8.02. The highest BCUT2D eigenvalue weighted by atomic mass is 35.5. The average molecular weight is 361 g/mol. The third-order valence-corrected chi connectivity index (χ3v) is 4.70. The molecule has 1 fully saturated rings. The van der Waals surface area contributed by atoms with Gasteiger partial charge in [-0.25, -0.2) is 4.79 Å². The second kappa shape index (κ2) is 6.77. The summed E-state index contributed by atoms with van der Waals surface area (Å²) in [6.45, 7) is 1.27. The van der Waals surface area contributed by atoms with E-state index in [1.165, 1.54) is 0 Å². The molecule has 1 saturated carbocycles. The number of nitrogens with zero attached hydrogens (tertiary/aromatic N) is 1. The van der Waals surface area contributed by atoms with Gasteiger partial charge < -0.3 is 14.5 Å². The first kappa shape index (κ1) is 17.3. The maximum atomic E-state index is 12.2. The maximum Gasteiger partial charge on any atom is 0.375 e. The number of aryl methyl sites for hydroxylation is 1. The molecule has 1 aliphatic rings. The van der Waals surface area contributed by atoms with Crippen molar-refractivity contribution in [2.75, 3.05) is 6.61 Å². The predicted octanol–water partition coefficient (Wildman–Crippen LogP) is 3.50. The normalized spacial score (nSPS) is 15.7. The third-order valence-electron chi connectivity index (χ3n) is 4.47. The highest BCUT2D eigenvalue weighted by Crippen LogP contribution is 2.29. The van der Waals surface area contributed by atoms with E-state index >= 15 is 0 Å². The Morgan fingerprint density at radius 2 is 2.12 bits per heavy atom. The molecule has 0 aliphatic heterocycles. The Balaban J connectivity index is 1.66. The van der Waals surface area contributed by atoms with Gasteiger partial charge >= 0.3 is 5.97 Å². The molecule has 1 N–H and O–H groups in total. The summed E-state index contributed by atoms with van der Waals surface area (Å²) in [4.78, 5) is 24.2. The Labute approximate surface area is 149 Å². The molecule has 7 heteroatoms. The van der Waals surface area contributed by atoms with Crippen LogP contribution in [-0.4, -0.2) is 24.0 Å². The number of hydrogen-bond donors (Lipinski definition) is 1. The van der Waals surface area contributed by atoms with Crippen molar-refractivity contribution in [3.8, 4) is 6.07 Å². The summed E-state index contributed by atoms with van der Waals surface area (Å²) in [5, 5.41) is 13.2. The molecule has 0 bridgehead atoms. The summed E-state index contributed by atoms with van der Waals surface area (Å²) in [5.74, 6) is -1.17. The maximum absolute atomic E-state index is 12.2. The van der Waals surface area contributed by atoms with E-state index in [4.69, 9.17) is 20.8 Å². The first-order valence-corrected chi connectivity index (χ1v) is 8.40. The van der Waals surface area contributed by atoms with E-state index in [1.54, 1.807) is 25.1 Å². The topological polar surface area (TPSA) is 92.3 Å². The molecule has 6 nitrogen and oxygen atoms in total. The smallest absolute Gasteiger partial charge is 0.375 e. The quantitative estimate of drug-likeness (QED) is 0.842. The highest BCUT2D eigenvalue weighted by Gasteiger charge is 2.35. The van der Waals surface area contributed by atoms with Crippen molar-refractivity contribution >= 4 is 34.4 Å². The number of carbonyl (C=O) groups excluding carboxylic acids is 2. The van der Waals surface area contributed by atoms with Crippen molar-refractivity contribution in [3.63, 3.8) is 0 Å². The molecule has 0 saturated heterocycles. The third kappa shape index (κ3) is 3.47. The Morgan fingerprint density at radius 1 is 1.40 bits per heavy atom. The van der Waals surface area contributed by atoms with Gasteiger partial charge in [0.05, 0.1) is 6.07 Å². The number of rotatable bonds is 4. The summed E-state index contributed by atoms with van der Waals surface area (Å²) >= 11 is 5.95. The number of hydrogen-bond acceptors (Lipinski definition) is 5. The van der Waals surface area contributed by atoms with E-state index in [1.807, 2.05) is 0 Å². The van der Waals surface area contributed by atoms with Gasteiger partial charge in [-0.05, 0) is 50.8 Å². The van der Waals surface area contributed by atoms with Gasteiger partial charge in [-0.15, -0.1) is 0 Å². The minimum absolute atomic E-state index is 0.0425. The molecule has 0 unspecified atom stereocenters. The number of nitrogens with one attached hydrogen (secondary N) is 1. The molecular formula is C18H17ClN2O4. The monoisotopic (exact) mass is 360 g/mol. The van der Waals surface area contributed by atoms with Crippen LogP contribution in [0.5, 0.6) is 0 Å². The summed E-state index contributed by atoms with van der Waals surface area (Å²) < 4.78 is 10.5.